The van der Waals surface area contributed by atoms with Crippen molar-refractivity contribution in [1.82, 2.24) is 15.5 Å². The molecule has 2 saturated heterocycles. The van der Waals surface area contributed by atoms with Crippen molar-refractivity contribution in [3.63, 3.8) is 0 Å². The summed E-state index contributed by atoms with van der Waals surface area (Å²) in [6, 6.07) is 6.00. The Hall–Kier alpha value is -1.66. The first kappa shape index (κ1) is 20.1. The molecule has 3 aliphatic rings. The highest BCUT2D eigenvalue weighted by molar-refractivity contribution is 6.07. The summed E-state index contributed by atoms with van der Waals surface area (Å²) >= 11 is 0. The number of nitrogens with zero attached hydrogens (tertiary/aromatic N) is 1. The summed E-state index contributed by atoms with van der Waals surface area (Å²) in [6.45, 7) is 2.23. The minimum atomic E-state index is -0.902. The van der Waals surface area contributed by atoms with E-state index >= 15 is 0 Å². The topological polar surface area (TPSA) is 61.4 Å². The summed E-state index contributed by atoms with van der Waals surface area (Å²) in [7, 11) is 0. The first-order valence-electron chi connectivity index (χ1n) is 9.68. The van der Waals surface area contributed by atoms with Gasteiger partial charge >= 0.3 is 6.03 Å². The van der Waals surface area contributed by atoms with E-state index in [4.69, 9.17) is 0 Å². The molecular weight excluding hydrogens is 369 g/mol. The average Bonchev–Trinajstić information content (AvgIpc) is 2.85. The summed E-state index contributed by atoms with van der Waals surface area (Å²) in [5.74, 6) is 0.152. The number of rotatable bonds is 5. The van der Waals surface area contributed by atoms with E-state index in [2.05, 4.69) is 10.6 Å². The molecule has 4 rings (SSSR count). The number of hydrogen-bond donors (Lipinski definition) is 2. The number of urea groups is 1. The van der Waals surface area contributed by atoms with Crippen molar-refractivity contribution in [3.05, 3.63) is 35.6 Å². The van der Waals surface area contributed by atoms with Gasteiger partial charge in [0.05, 0.1) is 0 Å². The second kappa shape index (κ2) is 8.15. The van der Waals surface area contributed by atoms with Gasteiger partial charge in [0, 0.05) is 13.0 Å². The van der Waals surface area contributed by atoms with Crippen molar-refractivity contribution in [1.29, 1.82) is 0 Å². The maximum Gasteiger partial charge on any atom is 0.325 e. The molecule has 3 amide bonds. The lowest BCUT2D eigenvalue weighted by Gasteiger charge is -2.38. The van der Waals surface area contributed by atoms with Gasteiger partial charge in [-0.05, 0) is 68.3 Å². The molecule has 1 unspecified atom stereocenters. The number of imide groups is 1. The molecule has 2 N–H and O–H groups in total. The molecule has 1 atom stereocenters. The highest BCUT2D eigenvalue weighted by Gasteiger charge is 2.55. The van der Waals surface area contributed by atoms with Crippen molar-refractivity contribution >= 4 is 24.3 Å². The molecular formula is C20H27ClFN3O2. The largest absolute Gasteiger partial charge is 0.325 e. The van der Waals surface area contributed by atoms with E-state index < -0.39 is 5.54 Å². The van der Waals surface area contributed by atoms with E-state index in [-0.39, 0.29) is 36.1 Å². The summed E-state index contributed by atoms with van der Waals surface area (Å²) in [5.41, 5.74) is -0.0232. The van der Waals surface area contributed by atoms with Gasteiger partial charge in [0.15, 0.2) is 0 Å². The number of amides is 3. The van der Waals surface area contributed by atoms with E-state index in [1.165, 1.54) is 23.5 Å². The zero-order valence-electron chi connectivity index (χ0n) is 15.4. The normalized spacial score (nSPS) is 26.5. The average molecular weight is 396 g/mol. The number of carbonyl (C=O) groups excluding carboxylic acids is 2. The second-order valence-electron chi connectivity index (χ2n) is 7.94. The summed E-state index contributed by atoms with van der Waals surface area (Å²) in [6.07, 6.45) is 5.49. The Morgan fingerprint density at radius 1 is 1.07 bits per heavy atom. The monoisotopic (exact) mass is 395 g/mol. The maximum absolute atomic E-state index is 13.4. The van der Waals surface area contributed by atoms with E-state index in [1.54, 1.807) is 12.1 Å². The number of carbonyl (C=O) groups is 2. The van der Waals surface area contributed by atoms with Crippen LogP contribution in [-0.2, 0) is 11.2 Å². The molecule has 0 aromatic heterocycles. The molecule has 148 valence electrons. The predicted octanol–water partition coefficient (Wildman–Crippen LogP) is 2.88. The first-order chi connectivity index (χ1) is 12.6. The third-order valence-corrected chi connectivity index (χ3v) is 6.30. The molecule has 2 aliphatic heterocycles. The van der Waals surface area contributed by atoms with Crippen LogP contribution < -0.4 is 10.6 Å². The molecule has 3 fully saturated rings. The molecule has 0 radical (unpaired) electrons. The van der Waals surface area contributed by atoms with Gasteiger partial charge in [-0.25, -0.2) is 9.18 Å². The number of nitrogens with one attached hydrogen (secondary N) is 2. The summed E-state index contributed by atoms with van der Waals surface area (Å²) < 4.78 is 13.3. The van der Waals surface area contributed by atoms with Crippen LogP contribution in [0.3, 0.4) is 0 Å². The Morgan fingerprint density at radius 3 is 2.33 bits per heavy atom. The van der Waals surface area contributed by atoms with Crippen molar-refractivity contribution in [3.8, 4) is 0 Å². The molecule has 1 saturated carbocycles. The lowest BCUT2D eigenvalue weighted by Crippen LogP contribution is -2.57. The minimum absolute atomic E-state index is 0. The van der Waals surface area contributed by atoms with Crippen LogP contribution in [0.25, 0.3) is 0 Å². The second-order valence-corrected chi connectivity index (χ2v) is 7.94. The van der Waals surface area contributed by atoms with Gasteiger partial charge in [0.2, 0.25) is 0 Å². The Morgan fingerprint density at radius 2 is 1.74 bits per heavy atom. The lowest BCUT2D eigenvalue weighted by molar-refractivity contribution is -0.134. The van der Waals surface area contributed by atoms with E-state index in [1.807, 2.05) is 0 Å². The van der Waals surface area contributed by atoms with Crippen LogP contribution in [0.4, 0.5) is 9.18 Å². The molecule has 7 heteroatoms. The highest BCUT2D eigenvalue weighted by Crippen LogP contribution is 2.37. The molecule has 0 spiro atoms. The van der Waals surface area contributed by atoms with Crippen LogP contribution in [0, 0.1) is 17.7 Å². The summed E-state index contributed by atoms with van der Waals surface area (Å²) in [5, 5.41) is 6.40. The first-order valence-corrected chi connectivity index (χ1v) is 9.68. The van der Waals surface area contributed by atoms with Crippen LogP contribution in [0.15, 0.2) is 24.3 Å². The van der Waals surface area contributed by atoms with Gasteiger partial charge in [-0.1, -0.05) is 18.6 Å². The molecule has 5 nitrogen and oxygen atoms in total. The quantitative estimate of drug-likeness (QED) is 0.753. The van der Waals surface area contributed by atoms with Crippen molar-refractivity contribution < 1.29 is 14.0 Å². The zero-order chi connectivity index (χ0) is 18.1. The Bertz CT molecular complexity index is 689. The van der Waals surface area contributed by atoms with Crippen LogP contribution in [0.1, 0.15) is 37.7 Å². The van der Waals surface area contributed by atoms with Crippen molar-refractivity contribution in [2.75, 3.05) is 19.6 Å². The zero-order valence-corrected chi connectivity index (χ0v) is 16.2. The fraction of sp³-hybridized carbons (Fsp3) is 0.600. The fourth-order valence-corrected chi connectivity index (χ4v) is 4.52. The van der Waals surface area contributed by atoms with Crippen LogP contribution >= 0.6 is 12.4 Å². The van der Waals surface area contributed by atoms with E-state index in [0.29, 0.717) is 18.9 Å². The lowest BCUT2D eigenvalue weighted by atomic mass is 9.74. The van der Waals surface area contributed by atoms with Gasteiger partial charge in [0.1, 0.15) is 11.4 Å². The summed E-state index contributed by atoms with van der Waals surface area (Å²) in [4.78, 5) is 27.6. The standard InChI is InChI=1S/C20H26FN3O2.ClH/c21-17-6-4-14(5-7-17)12-20(16-8-10-22-11-9-16)18(25)24(19(26)23-20)13-15-2-1-3-15;/h4-7,15-16,22H,1-3,8-13H2,(H,23,26);1H. The number of piperidine rings is 1. The molecule has 27 heavy (non-hydrogen) atoms. The molecule has 1 aromatic rings. The maximum atomic E-state index is 13.4. The minimum Gasteiger partial charge on any atom is -0.322 e. The van der Waals surface area contributed by atoms with Gasteiger partial charge in [-0.3, -0.25) is 9.69 Å². The third-order valence-electron chi connectivity index (χ3n) is 6.30. The SMILES string of the molecule is Cl.O=C1NC(Cc2ccc(F)cc2)(C2CCNCC2)C(=O)N1CC1CCC1. The van der Waals surface area contributed by atoms with E-state index in [0.717, 1.165) is 44.3 Å². The van der Waals surface area contributed by atoms with E-state index in [9.17, 15) is 14.0 Å². The van der Waals surface area contributed by atoms with Crippen LogP contribution in [0.5, 0.6) is 0 Å². The molecule has 2 heterocycles. The highest BCUT2D eigenvalue weighted by atomic mass is 35.5. The fourth-order valence-electron chi connectivity index (χ4n) is 4.52. The predicted molar refractivity (Wildman–Crippen MR) is 103 cm³/mol. The van der Waals surface area contributed by atoms with Crippen molar-refractivity contribution in [2.45, 2.75) is 44.1 Å². The number of halogens is 2. The molecule has 0 bridgehead atoms. The van der Waals surface area contributed by atoms with Gasteiger partial charge in [-0.2, -0.15) is 0 Å². The van der Waals surface area contributed by atoms with Crippen molar-refractivity contribution in [2.24, 2.45) is 11.8 Å². The number of benzene rings is 1. The Balaban J connectivity index is 0.00000210. The Labute approximate surface area is 165 Å². The molecule has 1 aromatic carbocycles. The third kappa shape index (κ3) is 3.83. The Kier molecular flexibility index (Phi) is 6.06. The van der Waals surface area contributed by atoms with Crippen LogP contribution in [0.2, 0.25) is 0 Å². The van der Waals surface area contributed by atoms with Gasteiger partial charge in [-0.15, -0.1) is 12.4 Å². The van der Waals surface area contributed by atoms with Crippen LogP contribution in [-0.4, -0.2) is 42.0 Å². The molecule has 1 aliphatic carbocycles. The number of hydrogen-bond acceptors (Lipinski definition) is 3. The smallest absolute Gasteiger partial charge is 0.322 e. The van der Waals surface area contributed by atoms with Gasteiger partial charge < -0.3 is 10.6 Å². The van der Waals surface area contributed by atoms with Gasteiger partial charge in [0.25, 0.3) is 5.91 Å².